The predicted octanol–water partition coefficient (Wildman–Crippen LogP) is 2.85. The monoisotopic (exact) mass is 268 g/mol. The first-order valence-corrected chi connectivity index (χ1v) is 6.25. The van der Waals surface area contributed by atoms with E-state index in [4.69, 9.17) is 4.74 Å². The Bertz CT molecular complexity index is 621. The summed E-state index contributed by atoms with van der Waals surface area (Å²) in [6.45, 7) is 1.85. The first-order chi connectivity index (χ1) is 9.70. The Morgan fingerprint density at radius 1 is 1.05 bits per heavy atom. The van der Waals surface area contributed by atoms with Gasteiger partial charge in [0.25, 0.3) is 5.91 Å². The number of hydrazone groups is 1. The lowest BCUT2D eigenvalue weighted by molar-refractivity contribution is 0.0954. The summed E-state index contributed by atoms with van der Waals surface area (Å²) in [6, 6.07) is 16.6. The summed E-state index contributed by atoms with van der Waals surface area (Å²) < 4.78 is 5.08. The summed E-state index contributed by atoms with van der Waals surface area (Å²) in [5.74, 6) is 0.376. The number of carbonyl (C=O) groups excluding carboxylic acids is 1. The van der Waals surface area contributed by atoms with E-state index in [0.717, 1.165) is 11.3 Å². The zero-order valence-electron chi connectivity index (χ0n) is 11.5. The van der Waals surface area contributed by atoms with Gasteiger partial charge in [0.1, 0.15) is 5.75 Å². The first-order valence-electron chi connectivity index (χ1n) is 6.25. The molecule has 0 atom stereocenters. The van der Waals surface area contributed by atoms with Crippen LogP contribution in [0.2, 0.25) is 0 Å². The smallest absolute Gasteiger partial charge is 0.271 e. The van der Waals surface area contributed by atoms with Crippen LogP contribution in [0.15, 0.2) is 59.7 Å². The van der Waals surface area contributed by atoms with Crippen molar-refractivity contribution in [2.45, 2.75) is 6.92 Å². The highest BCUT2D eigenvalue weighted by Gasteiger charge is 2.05. The van der Waals surface area contributed by atoms with Crippen molar-refractivity contribution in [2.24, 2.45) is 5.10 Å². The lowest BCUT2D eigenvalue weighted by Gasteiger charge is -2.04. The summed E-state index contributed by atoms with van der Waals surface area (Å²) in [6.07, 6.45) is 0. The Balaban J connectivity index is 2.08. The van der Waals surface area contributed by atoms with Crippen molar-refractivity contribution >= 4 is 11.6 Å². The highest BCUT2D eigenvalue weighted by atomic mass is 16.5. The molecule has 2 rings (SSSR count). The van der Waals surface area contributed by atoms with Gasteiger partial charge < -0.3 is 4.74 Å². The standard InChI is InChI=1S/C16H16N2O2/c1-12(13-7-4-3-5-8-13)17-18-16(19)14-9-6-10-15(11-14)20-2/h3-11H,1-2H3,(H,18,19)/b17-12+. The van der Waals surface area contributed by atoms with E-state index < -0.39 is 0 Å². The van der Waals surface area contributed by atoms with Crippen LogP contribution in [-0.4, -0.2) is 18.7 Å². The van der Waals surface area contributed by atoms with Crippen LogP contribution in [0.5, 0.6) is 5.75 Å². The van der Waals surface area contributed by atoms with Crippen molar-refractivity contribution in [1.82, 2.24) is 5.43 Å². The number of hydrogen-bond acceptors (Lipinski definition) is 3. The molecular formula is C16H16N2O2. The molecule has 4 heteroatoms. The molecule has 0 aliphatic carbocycles. The molecule has 0 saturated heterocycles. The zero-order chi connectivity index (χ0) is 14.4. The van der Waals surface area contributed by atoms with Gasteiger partial charge in [-0.2, -0.15) is 5.10 Å². The van der Waals surface area contributed by atoms with Crippen molar-refractivity contribution in [2.75, 3.05) is 7.11 Å². The molecule has 0 fully saturated rings. The number of carbonyl (C=O) groups is 1. The van der Waals surface area contributed by atoms with Crippen molar-refractivity contribution < 1.29 is 9.53 Å². The maximum absolute atomic E-state index is 12.0. The molecule has 0 unspecified atom stereocenters. The minimum absolute atomic E-state index is 0.265. The van der Waals surface area contributed by atoms with E-state index in [0.29, 0.717) is 11.3 Å². The second kappa shape index (κ2) is 6.52. The molecule has 0 aliphatic heterocycles. The van der Waals surface area contributed by atoms with Gasteiger partial charge in [0.2, 0.25) is 0 Å². The molecule has 0 aromatic heterocycles. The molecule has 0 heterocycles. The van der Waals surface area contributed by atoms with Crippen LogP contribution in [-0.2, 0) is 0 Å². The minimum atomic E-state index is -0.265. The van der Waals surface area contributed by atoms with Gasteiger partial charge in [-0.1, -0.05) is 36.4 Å². The second-order valence-corrected chi connectivity index (χ2v) is 4.24. The van der Waals surface area contributed by atoms with E-state index in [2.05, 4.69) is 10.5 Å². The largest absolute Gasteiger partial charge is 0.497 e. The van der Waals surface area contributed by atoms with Gasteiger partial charge in [-0.15, -0.1) is 0 Å². The van der Waals surface area contributed by atoms with Gasteiger partial charge in [-0.05, 0) is 30.7 Å². The molecule has 0 radical (unpaired) electrons. The average Bonchev–Trinajstić information content (AvgIpc) is 2.53. The van der Waals surface area contributed by atoms with Crippen LogP contribution in [0, 0.1) is 0 Å². The summed E-state index contributed by atoms with van der Waals surface area (Å²) in [4.78, 5) is 12.0. The number of methoxy groups -OCH3 is 1. The molecule has 1 amide bonds. The Morgan fingerprint density at radius 3 is 2.45 bits per heavy atom. The highest BCUT2D eigenvalue weighted by molar-refractivity contribution is 6.00. The van der Waals surface area contributed by atoms with Gasteiger partial charge in [-0.3, -0.25) is 4.79 Å². The van der Waals surface area contributed by atoms with Crippen LogP contribution in [0.4, 0.5) is 0 Å². The van der Waals surface area contributed by atoms with Gasteiger partial charge in [0.05, 0.1) is 12.8 Å². The van der Waals surface area contributed by atoms with Gasteiger partial charge in [0, 0.05) is 5.56 Å². The summed E-state index contributed by atoms with van der Waals surface area (Å²) in [7, 11) is 1.56. The third-order valence-corrected chi connectivity index (χ3v) is 2.85. The van der Waals surface area contributed by atoms with E-state index in [9.17, 15) is 4.79 Å². The number of ether oxygens (including phenoxy) is 1. The third kappa shape index (κ3) is 3.45. The molecule has 2 aromatic rings. The summed E-state index contributed by atoms with van der Waals surface area (Å²) >= 11 is 0. The fourth-order valence-corrected chi connectivity index (χ4v) is 1.71. The molecule has 20 heavy (non-hydrogen) atoms. The Kier molecular flexibility index (Phi) is 4.50. The van der Waals surface area contributed by atoms with Crippen molar-refractivity contribution in [3.63, 3.8) is 0 Å². The first kappa shape index (κ1) is 13.8. The van der Waals surface area contributed by atoms with E-state index in [1.54, 1.807) is 31.4 Å². The predicted molar refractivity (Wildman–Crippen MR) is 79.1 cm³/mol. The normalized spacial score (nSPS) is 11.0. The fourth-order valence-electron chi connectivity index (χ4n) is 1.71. The van der Waals surface area contributed by atoms with E-state index >= 15 is 0 Å². The molecule has 1 N–H and O–H groups in total. The lowest BCUT2D eigenvalue weighted by atomic mass is 10.1. The number of amides is 1. The Labute approximate surface area is 118 Å². The maximum Gasteiger partial charge on any atom is 0.271 e. The number of nitrogens with zero attached hydrogens (tertiary/aromatic N) is 1. The molecule has 0 bridgehead atoms. The topological polar surface area (TPSA) is 50.7 Å². The van der Waals surface area contributed by atoms with Crippen LogP contribution in [0.3, 0.4) is 0 Å². The number of rotatable bonds is 4. The molecule has 102 valence electrons. The van der Waals surface area contributed by atoms with Crippen LogP contribution >= 0.6 is 0 Å². The van der Waals surface area contributed by atoms with Crippen LogP contribution in [0.25, 0.3) is 0 Å². The number of hydrogen-bond donors (Lipinski definition) is 1. The summed E-state index contributed by atoms with van der Waals surface area (Å²) in [5, 5.41) is 4.10. The van der Waals surface area contributed by atoms with E-state index in [-0.39, 0.29) is 5.91 Å². The molecule has 0 spiro atoms. The van der Waals surface area contributed by atoms with Gasteiger partial charge in [-0.25, -0.2) is 5.43 Å². The van der Waals surface area contributed by atoms with Gasteiger partial charge in [0.15, 0.2) is 0 Å². The van der Waals surface area contributed by atoms with Crippen LogP contribution < -0.4 is 10.2 Å². The maximum atomic E-state index is 12.0. The van der Waals surface area contributed by atoms with E-state index in [1.165, 1.54) is 0 Å². The second-order valence-electron chi connectivity index (χ2n) is 4.24. The number of benzene rings is 2. The molecule has 2 aromatic carbocycles. The van der Waals surface area contributed by atoms with Crippen molar-refractivity contribution in [3.8, 4) is 5.75 Å². The molecule has 0 saturated carbocycles. The SMILES string of the molecule is COc1cccc(C(=O)N/N=C(\C)c2ccccc2)c1. The highest BCUT2D eigenvalue weighted by Crippen LogP contribution is 2.12. The fraction of sp³-hybridized carbons (Fsp3) is 0.125. The average molecular weight is 268 g/mol. The lowest BCUT2D eigenvalue weighted by Crippen LogP contribution is -2.19. The van der Waals surface area contributed by atoms with Crippen molar-refractivity contribution in [3.05, 3.63) is 65.7 Å². The Hall–Kier alpha value is -2.62. The molecular weight excluding hydrogens is 252 g/mol. The Morgan fingerprint density at radius 2 is 1.75 bits per heavy atom. The quantitative estimate of drug-likeness (QED) is 0.684. The molecule has 0 aliphatic rings. The molecule has 4 nitrogen and oxygen atoms in total. The summed E-state index contributed by atoms with van der Waals surface area (Å²) in [5.41, 5.74) is 4.77. The van der Waals surface area contributed by atoms with Crippen molar-refractivity contribution in [1.29, 1.82) is 0 Å². The van der Waals surface area contributed by atoms with E-state index in [1.807, 2.05) is 37.3 Å². The third-order valence-electron chi connectivity index (χ3n) is 2.85. The minimum Gasteiger partial charge on any atom is -0.497 e. The number of nitrogens with one attached hydrogen (secondary N) is 1. The van der Waals surface area contributed by atoms with Crippen LogP contribution in [0.1, 0.15) is 22.8 Å². The zero-order valence-corrected chi connectivity index (χ0v) is 11.5. The van der Waals surface area contributed by atoms with Gasteiger partial charge >= 0.3 is 0 Å².